The van der Waals surface area contributed by atoms with Crippen LogP contribution in [0.2, 0.25) is 0 Å². The molecule has 0 radical (unpaired) electrons. The molecule has 0 amide bonds. The van der Waals surface area contributed by atoms with Gasteiger partial charge in [0.2, 0.25) is 0 Å². The van der Waals surface area contributed by atoms with E-state index in [1.807, 2.05) is 18.2 Å². The van der Waals surface area contributed by atoms with Crippen molar-refractivity contribution in [3.05, 3.63) is 35.9 Å². The Balaban J connectivity index is 1.80. The van der Waals surface area contributed by atoms with Crippen LogP contribution in [0.1, 0.15) is 17.9 Å². The fourth-order valence-corrected chi connectivity index (χ4v) is 5.82. The molecule has 7 heteroatoms. The number of benzene rings is 1. The zero-order chi connectivity index (χ0) is 15.6. The standard InChI is InChI=1S/C15H21BrN2O3S/c16-11-15-10-14(13-4-2-1-3-5-13)12-18(15)22(19,20)17-6-8-21-9-7-17/h1-5,14-15H,6-12H2. The van der Waals surface area contributed by atoms with E-state index in [1.165, 1.54) is 5.56 Å². The van der Waals surface area contributed by atoms with Gasteiger partial charge >= 0.3 is 0 Å². The quantitative estimate of drug-likeness (QED) is 0.739. The van der Waals surface area contributed by atoms with Crippen LogP contribution in [0.15, 0.2) is 30.3 Å². The summed E-state index contributed by atoms with van der Waals surface area (Å²) < 4.78 is 34.3. The van der Waals surface area contributed by atoms with Gasteiger partial charge in [0.1, 0.15) is 0 Å². The van der Waals surface area contributed by atoms with Crippen LogP contribution in [0.5, 0.6) is 0 Å². The monoisotopic (exact) mass is 388 g/mol. The fourth-order valence-electron chi connectivity index (χ4n) is 3.20. The fraction of sp³-hybridized carbons (Fsp3) is 0.600. The van der Waals surface area contributed by atoms with Crippen LogP contribution >= 0.6 is 15.9 Å². The van der Waals surface area contributed by atoms with Gasteiger partial charge in [0.25, 0.3) is 10.2 Å². The van der Waals surface area contributed by atoms with Crippen LogP contribution in [0.4, 0.5) is 0 Å². The summed E-state index contributed by atoms with van der Waals surface area (Å²) in [5, 5.41) is 0.667. The highest BCUT2D eigenvalue weighted by atomic mass is 79.9. The molecule has 2 atom stereocenters. The van der Waals surface area contributed by atoms with Crippen molar-refractivity contribution in [3.8, 4) is 0 Å². The van der Waals surface area contributed by atoms with Gasteiger partial charge in [-0.3, -0.25) is 0 Å². The summed E-state index contributed by atoms with van der Waals surface area (Å²) in [5.74, 6) is 0.263. The molecule has 2 aliphatic rings. The average Bonchev–Trinajstić information content (AvgIpc) is 3.02. The van der Waals surface area contributed by atoms with E-state index in [2.05, 4.69) is 28.1 Å². The van der Waals surface area contributed by atoms with Crippen LogP contribution in [0.25, 0.3) is 0 Å². The maximum absolute atomic E-state index is 12.9. The van der Waals surface area contributed by atoms with E-state index in [-0.39, 0.29) is 12.0 Å². The molecular formula is C15H21BrN2O3S. The van der Waals surface area contributed by atoms with E-state index in [1.54, 1.807) is 8.61 Å². The molecule has 2 unspecified atom stereocenters. The Labute approximate surface area is 140 Å². The topological polar surface area (TPSA) is 49.9 Å². The third-order valence-electron chi connectivity index (χ3n) is 4.41. The molecule has 2 fully saturated rings. The third kappa shape index (κ3) is 3.23. The molecule has 1 aromatic carbocycles. The van der Waals surface area contributed by atoms with Gasteiger partial charge in [-0.1, -0.05) is 46.3 Å². The maximum Gasteiger partial charge on any atom is 0.282 e. The van der Waals surface area contributed by atoms with Crippen molar-refractivity contribution in [2.45, 2.75) is 18.4 Å². The second kappa shape index (κ2) is 6.97. The number of nitrogens with zero attached hydrogens (tertiary/aromatic N) is 2. The molecule has 0 aliphatic carbocycles. The molecule has 122 valence electrons. The van der Waals surface area contributed by atoms with E-state index in [4.69, 9.17) is 4.74 Å². The summed E-state index contributed by atoms with van der Waals surface area (Å²) in [7, 11) is -3.41. The number of ether oxygens (including phenoxy) is 1. The van der Waals surface area contributed by atoms with Crippen molar-refractivity contribution in [1.29, 1.82) is 0 Å². The summed E-state index contributed by atoms with van der Waals surface area (Å²) in [5.41, 5.74) is 1.22. The van der Waals surface area contributed by atoms with Gasteiger partial charge in [0.05, 0.1) is 13.2 Å². The Kier molecular flexibility index (Phi) is 5.19. The summed E-state index contributed by atoms with van der Waals surface area (Å²) in [6, 6.07) is 10.2. The van der Waals surface area contributed by atoms with Gasteiger partial charge in [-0.05, 0) is 17.9 Å². The van der Waals surface area contributed by atoms with Gasteiger partial charge in [0.15, 0.2) is 0 Å². The summed E-state index contributed by atoms with van der Waals surface area (Å²) in [6.45, 7) is 2.41. The number of halogens is 1. The lowest BCUT2D eigenvalue weighted by Gasteiger charge is -2.32. The van der Waals surface area contributed by atoms with Crippen molar-refractivity contribution in [2.75, 3.05) is 38.2 Å². The van der Waals surface area contributed by atoms with Gasteiger partial charge in [0, 0.05) is 31.0 Å². The zero-order valence-electron chi connectivity index (χ0n) is 12.4. The van der Waals surface area contributed by atoms with Crippen LogP contribution in [0.3, 0.4) is 0 Å². The average molecular weight is 389 g/mol. The van der Waals surface area contributed by atoms with Gasteiger partial charge < -0.3 is 4.74 Å². The normalized spacial score (nSPS) is 28.0. The first kappa shape index (κ1) is 16.4. The SMILES string of the molecule is O=S(=O)(N1CCOCC1)N1CC(c2ccccc2)CC1CBr. The van der Waals surface area contributed by atoms with Crippen LogP contribution in [-0.2, 0) is 14.9 Å². The molecule has 2 heterocycles. The molecule has 0 N–H and O–H groups in total. The summed E-state index contributed by atoms with van der Waals surface area (Å²) in [6.07, 6.45) is 0.860. The number of rotatable bonds is 4. The van der Waals surface area contributed by atoms with E-state index < -0.39 is 10.2 Å². The van der Waals surface area contributed by atoms with Gasteiger partial charge in [-0.25, -0.2) is 0 Å². The van der Waals surface area contributed by atoms with Crippen LogP contribution in [-0.4, -0.2) is 61.2 Å². The van der Waals surface area contributed by atoms with Crippen molar-refractivity contribution < 1.29 is 13.2 Å². The minimum atomic E-state index is -3.41. The van der Waals surface area contributed by atoms with Crippen LogP contribution in [0, 0.1) is 0 Å². The van der Waals surface area contributed by atoms with Gasteiger partial charge in [-0.15, -0.1) is 0 Å². The number of hydrogen-bond acceptors (Lipinski definition) is 3. The zero-order valence-corrected chi connectivity index (χ0v) is 14.8. The molecule has 0 spiro atoms. The third-order valence-corrected chi connectivity index (χ3v) is 7.21. The summed E-state index contributed by atoms with van der Waals surface area (Å²) >= 11 is 3.48. The highest BCUT2D eigenvalue weighted by Crippen LogP contribution is 2.35. The maximum atomic E-state index is 12.9. The Bertz CT molecular complexity index is 590. The van der Waals surface area contributed by atoms with Gasteiger partial charge in [-0.2, -0.15) is 17.0 Å². The minimum Gasteiger partial charge on any atom is -0.379 e. The molecule has 3 rings (SSSR count). The summed E-state index contributed by atoms with van der Waals surface area (Å²) in [4.78, 5) is 0. The Morgan fingerprint density at radius 2 is 1.86 bits per heavy atom. The minimum absolute atomic E-state index is 0.0121. The number of hydrogen-bond donors (Lipinski definition) is 0. The van der Waals surface area contributed by atoms with Crippen molar-refractivity contribution in [2.24, 2.45) is 0 Å². The molecule has 22 heavy (non-hydrogen) atoms. The molecule has 2 saturated heterocycles. The lowest BCUT2D eigenvalue weighted by atomic mass is 9.97. The van der Waals surface area contributed by atoms with Crippen molar-refractivity contribution in [1.82, 2.24) is 8.61 Å². The molecule has 5 nitrogen and oxygen atoms in total. The lowest BCUT2D eigenvalue weighted by molar-refractivity contribution is 0.0700. The van der Waals surface area contributed by atoms with E-state index >= 15 is 0 Å². The highest BCUT2D eigenvalue weighted by molar-refractivity contribution is 9.09. The van der Waals surface area contributed by atoms with Crippen molar-refractivity contribution >= 4 is 26.1 Å². The van der Waals surface area contributed by atoms with E-state index in [9.17, 15) is 8.42 Å². The molecule has 0 saturated carbocycles. The largest absolute Gasteiger partial charge is 0.379 e. The number of morpholine rings is 1. The molecule has 0 bridgehead atoms. The molecule has 2 aliphatic heterocycles. The second-order valence-corrected chi connectivity index (χ2v) is 8.27. The Morgan fingerprint density at radius 3 is 2.50 bits per heavy atom. The van der Waals surface area contributed by atoms with Crippen LogP contribution < -0.4 is 0 Å². The van der Waals surface area contributed by atoms with E-state index in [0.29, 0.717) is 38.2 Å². The Hall–Kier alpha value is -0.470. The van der Waals surface area contributed by atoms with E-state index in [0.717, 1.165) is 6.42 Å². The molecular weight excluding hydrogens is 368 g/mol. The lowest BCUT2D eigenvalue weighted by Crippen LogP contribution is -2.50. The first-order chi connectivity index (χ1) is 10.6. The highest BCUT2D eigenvalue weighted by Gasteiger charge is 2.42. The smallest absolute Gasteiger partial charge is 0.282 e. The number of alkyl halides is 1. The first-order valence-electron chi connectivity index (χ1n) is 7.58. The molecule has 1 aromatic rings. The van der Waals surface area contributed by atoms with Crippen molar-refractivity contribution in [3.63, 3.8) is 0 Å². The predicted octanol–water partition coefficient (Wildman–Crippen LogP) is 1.82. The Morgan fingerprint density at radius 1 is 1.18 bits per heavy atom. The molecule has 0 aromatic heterocycles. The first-order valence-corrected chi connectivity index (χ1v) is 10.1. The second-order valence-electron chi connectivity index (χ2n) is 5.74. The predicted molar refractivity (Wildman–Crippen MR) is 89.4 cm³/mol.